The number of benzene rings is 1. The number of carbonyl (C=O) groups is 1. The molecule has 1 amide bonds. The Morgan fingerprint density at radius 3 is 2.62 bits per heavy atom. The van der Waals surface area contributed by atoms with Crippen LogP contribution in [0.4, 0.5) is 0 Å². The summed E-state index contributed by atoms with van der Waals surface area (Å²) in [6.07, 6.45) is 5.93. The van der Waals surface area contributed by atoms with Crippen LogP contribution in [0.1, 0.15) is 34.5 Å². The van der Waals surface area contributed by atoms with E-state index in [-0.39, 0.29) is 30.7 Å². The van der Waals surface area contributed by atoms with Gasteiger partial charge in [-0.25, -0.2) is 0 Å². The van der Waals surface area contributed by atoms with Crippen molar-refractivity contribution in [3.05, 3.63) is 65.5 Å². The summed E-state index contributed by atoms with van der Waals surface area (Å²) in [6, 6.07) is 14.0. The molecule has 1 unspecified atom stereocenters. The van der Waals surface area contributed by atoms with E-state index in [1.165, 1.54) is 12.0 Å². The Bertz CT molecular complexity index is 644. The summed E-state index contributed by atoms with van der Waals surface area (Å²) in [6.45, 7) is 2.91. The van der Waals surface area contributed by atoms with Crippen molar-refractivity contribution in [3.63, 3.8) is 0 Å². The van der Waals surface area contributed by atoms with Crippen LogP contribution in [0, 0.1) is 5.92 Å². The SMILES string of the molecule is Cl.Cl.O=C(NCCCc1ccccn1)c1ccc(CC2CCNC2)cc1. The van der Waals surface area contributed by atoms with Gasteiger partial charge in [-0.05, 0) is 74.5 Å². The van der Waals surface area contributed by atoms with Crippen molar-refractivity contribution in [1.82, 2.24) is 15.6 Å². The number of carbonyl (C=O) groups excluding carboxylic acids is 1. The maximum atomic E-state index is 12.2. The van der Waals surface area contributed by atoms with Gasteiger partial charge in [0.1, 0.15) is 0 Å². The van der Waals surface area contributed by atoms with E-state index in [1.807, 2.05) is 30.3 Å². The molecular weight excluding hydrogens is 369 g/mol. The molecule has 0 spiro atoms. The number of pyridine rings is 1. The monoisotopic (exact) mass is 395 g/mol. The molecule has 142 valence electrons. The summed E-state index contributed by atoms with van der Waals surface area (Å²) >= 11 is 0. The summed E-state index contributed by atoms with van der Waals surface area (Å²) in [5.74, 6) is 0.737. The standard InChI is InChI=1S/C20H25N3O.2ClH/c24-20(23-12-3-5-19-4-1-2-11-22-19)18-8-6-16(7-9-18)14-17-10-13-21-15-17;;/h1-2,4,6-9,11,17,21H,3,5,10,12-15H2,(H,23,24);2*1H. The number of rotatable bonds is 7. The predicted molar refractivity (Wildman–Crippen MR) is 111 cm³/mol. The second-order valence-corrected chi connectivity index (χ2v) is 6.44. The van der Waals surface area contributed by atoms with E-state index in [1.54, 1.807) is 6.20 Å². The first kappa shape index (κ1) is 22.4. The van der Waals surface area contributed by atoms with Gasteiger partial charge in [-0.2, -0.15) is 0 Å². The molecule has 1 aromatic heterocycles. The van der Waals surface area contributed by atoms with Crippen LogP contribution in [0.5, 0.6) is 0 Å². The average Bonchev–Trinajstić information content (AvgIpc) is 3.13. The average molecular weight is 396 g/mol. The smallest absolute Gasteiger partial charge is 0.251 e. The third kappa shape index (κ3) is 6.94. The lowest BCUT2D eigenvalue weighted by Gasteiger charge is -2.09. The molecule has 1 fully saturated rings. The number of halogens is 2. The first-order valence-corrected chi connectivity index (χ1v) is 8.79. The normalized spacial score (nSPS) is 15.6. The van der Waals surface area contributed by atoms with Gasteiger partial charge in [0.05, 0.1) is 0 Å². The van der Waals surface area contributed by atoms with Gasteiger partial charge in [-0.15, -0.1) is 24.8 Å². The maximum absolute atomic E-state index is 12.2. The largest absolute Gasteiger partial charge is 0.352 e. The van der Waals surface area contributed by atoms with Crippen molar-refractivity contribution in [3.8, 4) is 0 Å². The Morgan fingerprint density at radius 1 is 1.15 bits per heavy atom. The Morgan fingerprint density at radius 2 is 1.96 bits per heavy atom. The molecular formula is C20H27Cl2N3O. The van der Waals surface area contributed by atoms with Crippen LogP contribution >= 0.6 is 24.8 Å². The highest BCUT2D eigenvalue weighted by Gasteiger charge is 2.15. The fraction of sp³-hybridized carbons (Fsp3) is 0.400. The summed E-state index contributed by atoms with van der Waals surface area (Å²) < 4.78 is 0. The number of amides is 1. The summed E-state index contributed by atoms with van der Waals surface area (Å²) in [7, 11) is 0. The number of aryl methyl sites for hydroxylation is 1. The van der Waals surface area contributed by atoms with Gasteiger partial charge < -0.3 is 10.6 Å². The third-order valence-corrected chi connectivity index (χ3v) is 4.52. The molecule has 6 heteroatoms. The van der Waals surface area contributed by atoms with Gasteiger partial charge in [0.2, 0.25) is 0 Å². The molecule has 3 rings (SSSR count). The molecule has 0 saturated carbocycles. The van der Waals surface area contributed by atoms with Crippen molar-refractivity contribution in [1.29, 1.82) is 0 Å². The Balaban J connectivity index is 0.00000169. The van der Waals surface area contributed by atoms with Crippen LogP contribution in [0.2, 0.25) is 0 Å². The highest BCUT2D eigenvalue weighted by Crippen LogP contribution is 2.15. The molecule has 26 heavy (non-hydrogen) atoms. The minimum atomic E-state index is 0. The third-order valence-electron chi connectivity index (χ3n) is 4.52. The molecule has 1 aliphatic heterocycles. The van der Waals surface area contributed by atoms with Crippen LogP contribution in [0.3, 0.4) is 0 Å². The minimum absolute atomic E-state index is 0. The Kier molecular flexibility index (Phi) is 10.3. The van der Waals surface area contributed by atoms with Crippen molar-refractivity contribution in [2.45, 2.75) is 25.7 Å². The zero-order valence-electron chi connectivity index (χ0n) is 14.8. The topological polar surface area (TPSA) is 54.0 Å². The molecule has 0 aliphatic carbocycles. The first-order valence-electron chi connectivity index (χ1n) is 8.79. The van der Waals surface area contributed by atoms with Gasteiger partial charge in [-0.1, -0.05) is 18.2 Å². The Labute approximate surface area is 168 Å². The fourth-order valence-corrected chi connectivity index (χ4v) is 3.13. The lowest BCUT2D eigenvalue weighted by Crippen LogP contribution is -2.24. The molecule has 2 heterocycles. The molecule has 2 aromatic rings. The number of aromatic nitrogens is 1. The number of hydrogen-bond acceptors (Lipinski definition) is 3. The van der Waals surface area contributed by atoms with Crippen LogP contribution in [0.15, 0.2) is 48.7 Å². The van der Waals surface area contributed by atoms with E-state index in [0.717, 1.165) is 49.5 Å². The number of nitrogens with one attached hydrogen (secondary N) is 2. The second kappa shape index (κ2) is 11.9. The lowest BCUT2D eigenvalue weighted by atomic mass is 9.98. The van der Waals surface area contributed by atoms with Gasteiger partial charge in [0.15, 0.2) is 0 Å². The molecule has 4 nitrogen and oxygen atoms in total. The van der Waals surface area contributed by atoms with Crippen LogP contribution < -0.4 is 10.6 Å². The molecule has 1 saturated heterocycles. The second-order valence-electron chi connectivity index (χ2n) is 6.44. The number of hydrogen-bond donors (Lipinski definition) is 2. The molecule has 0 bridgehead atoms. The highest BCUT2D eigenvalue weighted by molar-refractivity contribution is 5.94. The number of nitrogens with zero attached hydrogens (tertiary/aromatic N) is 1. The van der Waals surface area contributed by atoms with Crippen LogP contribution in [-0.2, 0) is 12.8 Å². The van der Waals surface area contributed by atoms with E-state index in [9.17, 15) is 4.79 Å². The molecule has 1 aromatic carbocycles. The van der Waals surface area contributed by atoms with E-state index >= 15 is 0 Å². The fourth-order valence-electron chi connectivity index (χ4n) is 3.13. The van der Waals surface area contributed by atoms with Crippen molar-refractivity contribution in [2.75, 3.05) is 19.6 Å². The summed E-state index contributed by atoms with van der Waals surface area (Å²) in [5, 5.41) is 6.38. The van der Waals surface area contributed by atoms with Gasteiger partial charge >= 0.3 is 0 Å². The van der Waals surface area contributed by atoms with Crippen molar-refractivity contribution >= 4 is 30.7 Å². The Hall–Kier alpha value is -1.62. The van der Waals surface area contributed by atoms with E-state index in [2.05, 4.69) is 27.8 Å². The lowest BCUT2D eigenvalue weighted by molar-refractivity contribution is 0.0953. The van der Waals surface area contributed by atoms with E-state index < -0.39 is 0 Å². The van der Waals surface area contributed by atoms with E-state index in [0.29, 0.717) is 6.54 Å². The van der Waals surface area contributed by atoms with Gasteiger partial charge in [-0.3, -0.25) is 9.78 Å². The quantitative estimate of drug-likeness (QED) is 0.705. The predicted octanol–water partition coefficient (Wildman–Crippen LogP) is 3.44. The van der Waals surface area contributed by atoms with Crippen molar-refractivity contribution < 1.29 is 4.79 Å². The zero-order valence-corrected chi connectivity index (χ0v) is 16.5. The summed E-state index contributed by atoms with van der Waals surface area (Å²) in [5.41, 5.74) is 3.12. The van der Waals surface area contributed by atoms with Crippen LogP contribution in [-0.4, -0.2) is 30.5 Å². The molecule has 1 aliphatic rings. The van der Waals surface area contributed by atoms with Crippen LogP contribution in [0.25, 0.3) is 0 Å². The highest BCUT2D eigenvalue weighted by atomic mass is 35.5. The molecule has 0 radical (unpaired) electrons. The van der Waals surface area contributed by atoms with Gasteiger partial charge in [0, 0.05) is 24.0 Å². The van der Waals surface area contributed by atoms with Gasteiger partial charge in [0.25, 0.3) is 5.91 Å². The first-order chi connectivity index (χ1) is 11.8. The minimum Gasteiger partial charge on any atom is -0.352 e. The molecule has 2 N–H and O–H groups in total. The molecule has 1 atom stereocenters. The summed E-state index contributed by atoms with van der Waals surface area (Å²) in [4.78, 5) is 16.5. The van der Waals surface area contributed by atoms with E-state index in [4.69, 9.17) is 0 Å². The maximum Gasteiger partial charge on any atom is 0.251 e. The zero-order chi connectivity index (χ0) is 16.6. The van der Waals surface area contributed by atoms with Crippen molar-refractivity contribution in [2.24, 2.45) is 5.92 Å².